The van der Waals surface area contributed by atoms with Gasteiger partial charge in [0.25, 0.3) is 5.91 Å². The Morgan fingerprint density at radius 3 is 2.82 bits per heavy atom. The zero-order valence-electron chi connectivity index (χ0n) is 19.2. The molecule has 11 heteroatoms. The number of thiophene rings is 1. The molecule has 3 aromatic heterocycles. The monoisotopic (exact) mass is 501 g/mol. The zero-order valence-corrected chi connectivity index (χ0v) is 20.7. The number of carbonyl (C=O) groups is 2. The molecule has 3 aromatic rings. The van der Waals surface area contributed by atoms with Crippen molar-refractivity contribution in [3.8, 4) is 0 Å². The van der Waals surface area contributed by atoms with Crippen LogP contribution in [-0.2, 0) is 18.4 Å². The Morgan fingerprint density at radius 2 is 2.09 bits per heavy atom. The van der Waals surface area contributed by atoms with Gasteiger partial charge in [0.05, 0.1) is 27.5 Å². The van der Waals surface area contributed by atoms with Crippen molar-refractivity contribution in [3.63, 3.8) is 0 Å². The quantitative estimate of drug-likeness (QED) is 0.405. The van der Waals surface area contributed by atoms with Crippen molar-refractivity contribution in [1.82, 2.24) is 25.3 Å². The SMILES string of the molecule is Cc1ncc(Cl)cc1NCc1ccc(C(=O)N[C@@H](CC2CCCC2)C(=O)Nc2cn(C)nn2)s1. The van der Waals surface area contributed by atoms with Crippen LogP contribution in [0.3, 0.4) is 0 Å². The van der Waals surface area contributed by atoms with Gasteiger partial charge in [0.1, 0.15) is 6.04 Å². The number of hydrogen-bond acceptors (Lipinski definition) is 7. The molecule has 9 nitrogen and oxygen atoms in total. The first-order valence-corrected chi connectivity index (χ1v) is 12.5. The van der Waals surface area contributed by atoms with Crippen LogP contribution >= 0.6 is 22.9 Å². The lowest BCUT2D eigenvalue weighted by molar-refractivity contribution is -0.118. The van der Waals surface area contributed by atoms with Crippen molar-refractivity contribution in [2.45, 2.75) is 51.6 Å². The zero-order chi connectivity index (χ0) is 24.1. The van der Waals surface area contributed by atoms with E-state index in [4.69, 9.17) is 11.6 Å². The summed E-state index contributed by atoms with van der Waals surface area (Å²) in [6.07, 6.45) is 8.34. The highest BCUT2D eigenvalue weighted by atomic mass is 35.5. The van der Waals surface area contributed by atoms with Crippen LogP contribution in [0, 0.1) is 12.8 Å². The normalized spacial score (nSPS) is 14.7. The summed E-state index contributed by atoms with van der Waals surface area (Å²) in [5.41, 5.74) is 1.70. The number of anilines is 2. The summed E-state index contributed by atoms with van der Waals surface area (Å²) in [7, 11) is 1.73. The molecule has 1 atom stereocenters. The van der Waals surface area contributed by atoms with Gasteiger partial charge in [0.2, 0.25) is 5.91 Å². The lowest BCUT2D eigenvalue weighted by atomic mass is 9.97. The number of halogens is 1. The lowest BCUT2D eigenvalue weighted by Crippen LogP contribution is -2.44. The molecule has 0 bridgehead atoms. The third-order valence-corrected chi connectivity index (χ3v) is 7.20. The van der Waals surface area contributed by atoms with Gasteiger partial charge < -0.3 is 16.0 Å². The van der Waals surface area contributed by atoms with Crippen LogP contribution in [0.4, 0.5) is 11.5 Å². The maximum absolute atomic E-state index is 13.0. The predicted molar refractivity (Wildman–Crippen MR) is 133 cm³/mol. The fourth-order valence-electron chi connectivity index (χ4n) is 4.12. The van der Waals surface area contributed by atoms with E-state index in [1.807, 2.05) is 19.1 Å². The molecule has 0 saturated heterocycles. The van der Waals surface area contributed by atoms with Crippen LogP contribution in [0.25, 0.3) is 0 Å². The standard InChI is InChI=1S/C23H28ClN7O2S/c1-14-18(10-16(24)11-25-14)26-12-17-7-8-20(34-17)23(33)27-19(9-15-5-3-4-6-15)22(32)28-21-13-31(2)30-29-21/h7-8,10-11,13,15,19,26H,3-6,9,12H2,1-2H3,(H,27,33)(H,28,32)/t19-/m0/s1. The summed E-state index contributed by atoms with van der Waals surface area (Å²) < 4.78 is 1.52. The van der Waals surface area contributed by atoms with E-state index in [9.17, 15) is 9.59 Å². The molecular weight excluding hydrogens is 474 g/mol. The first-order valence-electron chi connectivity index (χ1n) is 11.3. The first kappa shape index (κ1) is 24.2. The van der Waals surface area contributed by atoms with Gasteiger partial charge in [-0.3, -0.25) is 19.3 Å². The number of pyridine rings is 1. The number of carbonyl (C=O) groups excluding carboxylic acids is 2. The second-order valence-corrected chi connectivity index (χ2v) is 10.2. The Hall–Kier alpha value is -2.98. The fraction of sp³-hybridized carbons (Fsp3) is 0.435. The molecule has 0 radical (unpaired) electrons. The molecule has 0 aliphatic heterocycles. The molecule has 1 aliphatic carbocycles. The van der Waals surface area contributed by atoms with Crippen molar-refractivity contribution in [3.05, 3.63) is 51.1 Å². The number of rotatable bonds is 9. The maximum Gasteiger partial charge on any atom is 0.262 e. The molecule has 180 valence electrons. The van der Waals surface area contributed by atoms with E-state index < -0.39 is 6.04 Å². The topological polar surface area (TPSA) is 114 Å². The minimum Gasteiger partial charge on any atom is -0.379 e. The Kier molecular flexibility index (Phi) is 7.79. The number of amides is 2. The Balaban J connectivity index is 1.39. The van der Waals surface area contributed by atoms with Crippen LogP contribution in [0.15, 0.2) is 30.6 Å². The summed E-state index contributed by atoms with van der Waals surface area (Å²) in [5.74, 6) is 0.265. The second kappa shape index (κ2) is 11.0. The molecule has 34 heavy (non-hydrogen) atoms. The van der Waals surface area contributed by atoms with Gasteiger partial charge in [-0.25, -0.2) is 0 Å². The number of aromatic nitrogens is 4. The number of aryl methyl sites for hydroxylation is 2. The van der Waals surface area contributed by atoms with E-state index in [-0.39, 0.29) is 11.8 Å². The van der Waals surface area contributed by atoms with Crippen molar-refractivity contribution in [1.29, 1.82) is 0 Å². The van der Waals surface area contributed by atoms with Gasteiger partial charge >= 0.3 is 0 Å². The van der Waals surface area contributed by atoms with Crippen molar-refractivity contribution in [2.75, 3.05) is 10.6 Å². The Morgan fingerprint density at radius 1 is 1.29 bits per heavy atom. The lowest BCUT2D eigenvalue weighted by Gasteiger charge is -2.20. The molecule has 2 amide bonds. The molecule has 3 heterocycles. The summed E-state index contributed by atoms with van der Waals surface area (Å²) in [5, 5.41) is 17.4. The predicted octanol–water partition coefficient (Wildman–Crippen LogP) is 4.16. The highest BCUT2D eigenvalue weighted by Gasteiger charge is 2.28. The average Bonchev–Trinajstić information content (AvgIpc) is 3.56. The van der Waals surface area contributed by atoms with Crippen LogP contribution in [0.5, 0.6) is 0 Å². The maximum atomic E-state index is 13.0. The van der Waals surface area contributed by atoms with Crippen LogP contribution in [0.2, 0.25) is 5.02 Å². The van der Waals surface area contributed by atoms with Crippen molar-refractivity contribution < 1.29 is 9.59 Å². The summed E-state index contributed by atoms with van der Waals surface area (Å²) in [6.45, 7) is 2.45. The third-order valence-electron chi connectivity index (χ3n) is 5.91. The molecule has 1 saturated carbocycles. The number of hydrogen-bond donors (Lipinski definition) is 3. The van der Waals surface area contributed by atoms with Gasteiger partial charge in [0, 0.05) is 24.7 Å². The highest BCUT2D eigenvalue weighted by Crippen LogP contribution is 2.29. The number of nitrogens with one attached hydrogen (secondary N) is 3. The van der Waals surface area contributed by atoms with E-state index in [1.54, 1.807) is 25.5 Å². The minimum absolute atomic E-state index is 0.255. The first-order chi connectivity index (χ1) is 16.4. The average molecular weight is 502 g/mol. The Labute approximate surface area is 207 Å². The summed E-state index contributed by atoms with van der Waals surface area (Å²) in [4.78, 5) is 31.8. The minimum atomic E-state index is -0.638. The van der Waals surface area contributed by atoms with E-state index >= 15 is 0 Å². The fourth-order valence-corrected chi connectivity index (χ4v) is 5.13. The smallest absolute Gasteiger partial charge is 0.262 e. The molecule has 0 unspecified atom stereocenters. The molecule has 0 aromatic carbocycles. The third kappa shape index (κ3) is 6.32. The molecular formula is C23H28ClN7O2S. The van der Waals surface area contributed by atoms with Gasteiger partial charge in [-0.05, 0) is 37.5 Å². The van der Waals surface area contributed by atoms with E-state index in [2.05, 4.69) is 31.2 Å². The Bertz CT molecular complexity index is 1160. The van der Waals surface area contributed by atoms with Crippen LogP contribution < -0.4 is 16.0 Å². The summed E-state index contributed by atoms with van der Waals surface area (Å²) in [6, 6.07) is 4.88. The van der Waals surface area contributed by atoms with Gasteiger partial charge in [0.15, 0.2) is 5.82 Å². The molecule has 1 aliphatic rings. The van der Waals surface area contributed by atoms with Crippen molar-refractivity contribution >= 4 is 46.3 Å². The number of nitrogens with zero attached hydrogens (tertiary/aromatic N) is 4. The van der Waals surface area contributed by atoms with Gasteiger partial charge in [-0.15, -0.1) is 16.4 Å². The summed E-state index contributed by atoms with van der Waals surface area (Å²) >= 11 is 7.43. The van der Waals surface area contributed by atoms with Crippen LogP contribution in [0.1, 0.15) is 52.3 Å². The van der Waals surface area contributed by atoms with Gasteiger partial charge in [-0.1, -0.05) is 42.5 Å². The van der Waals surface area contributed by atoms with Gasteiger partial charge in [-0.2, -0.15) is 0 Å². The molecule has 1 fully saturated rings. The molecule has 4 rings (SSSR count). The van der Waals surface area contributed by atoms with E-state index in [1.165, 1.54) is 28.9 Å². The van der Waals surface area contributed by atoms with Crippen LogP contribution in [-0.4, -0.2) is 37.8 Å². The second-order valence-electron chi connectivity index (χ2n) is 8.58. The van der Waals surface area contributed by atoms with E-state index in [0.717, 1.165) is 29.1 Å². The molecule has 3 N–H and O–H groups in total. The molecule has 0 spiro atoms. The van der Waals surface area contributed by atoms with Crippen molar-refractivity contribution in [2.24, 2.45) is 13.0 Å². The van der Waals surface area contributed by atoms with E-state index in [0.29, 0.717) is 34.6 Å². The highest BCUT2D eigenvalue weighted by molar-refractivity contribution is 7.14. The largest absolute Gasteiger partial charge is 0.379 e.